The molecule has 1 unspecified atom stereocenters. The maximum atomic E-state index is 3.96. The Morgan fingerprint density at radius 1 is 0.905 bits per heavy atom. The molecule has 0 heterocycles. The van der Waals surface area contributed by atoms with Crippen molar-refractivity contribution >= 4 is 15.9 Å². The molecule has 0 saturated carbocycles. The highest BCUT2D eigenvalue weighted by molar-refractivity contribution is 9.09. The lowest BCUT2D eigenvalue weighted by Crippen LogP contribution is -2.05. The molecule has 2 rings (SSSR count). The molecule has 2 aromatic rings. The van der Waals surface area contributed by atoms with Gasteiger partial charge in [-0.25, -0.2) is 0 Å². The lowest BCUT2D eigenvalue weighted by molar-refractivity contribution is 0.974. The third kappa shape index (κ3) is 3.58. The summed E-state index contributed by atoms with van der Waals surface area (Å²) in [6, 6.07) is 13.6. The lowest BCUT2D eigenvalue weighted by atomic mass is 9.89. The van der Waals surface area contributed by atoms with E-state index in [2.05, 4.69) is 80.0 Å². The van der Waals surface area contributed by atoms with Crippen molar-refractivity contribution < 1.29 is 0 Å². The van der Waals surface area contributed by atoms with Gasteiger partial charge in [-0.05, 0) is 54.0 Å². The fraction of sp³-hybridized carbons (Fsp3) is 0.400. The fourth-order valence-electron chi connectivity index (χ4n) is 2.96. The molecule has 2 aromatic carbocycles. The number of rotatable bonds is 5. The number of aryl methyl sites for hydroxylation is 4. The summed E-state index contributed by atoms with van der Waals surface area (Å²) in [4.78, 5) is 0.285. The first-order valence-corrected chi connectivity index (χ1v) is 8.87. The normalized spacial score (nSPS) is 12.4. The van der Waals surface area contributed by atoms with E-state index in [0.717, 1.165) is 19.3 Å². The van der Waals surface area contributed by atoms with Gasteiger partial charge in [0.25, 0.3) is 0 Å². The van der Waals surface area contributed by atoms with Crippen LogP contribution < -0.4 is 0 Å². The number of hydrogen-bond acceptors (Lipinski definition) is 0. The number of hydrogen-bond donors (Lipinski definition) is 0. The summed E-state index contributed by atoms with van der Waals surface area (Å²) >= 11 is 3.96. The van der Waals surface area contributed by atoms with Crippen molar-refractivity contribution in [3.63, 3.8) is 0 Å². The Labute approximate surface area is 137 Å². The maximum absolute atomic E-state index is 3.96. The first-order valence-electron chi connectivity index (χ1n) is 7.95. The highest BCUT2D eigenvalue weighted by Crippen LogP contribution is 2.37. The van der Waals surface area contributed by atoms with Crippen LogP contribution in [-0.2, 0) is 19.3 Å². The van der Waals surface area contributed by atoms with Gasteiger partial charge in [0.2, 0.25) is 0 Å². The quantitative estimate of drug-likeness (QED) is 0.569. The van der Waals surface area contributed by atoms with E-state index in [4.69, 9.17) is 0 Å². The van der Waals surface area contributed by atoms with Crippen molar-refractivity contribution in [2.45, 2.75) is 51.8 Å². The van der Waals surface area contributed by atoms with Crippen LogP contribution in [0.2, 0.25) is 0 Å². The van der Waals surface area contributed by atoms with Crippen LogP contribution in [0, 0.1) is 6.92 Å². The predicted molar refractivity (Wildman–Crippen MR) is 96.5 cm³/mol. The van der Waals surface area contributed by atoms with E-state index in [-0.39, 0.29) is 4.83 Å². The zero-order valence-corrected chi connectivity index (χ0v) is 15.1. The number of halogens is 1. The topological polar surface area (TPSA) is 0 Å². The van der Waals surface area contributed by atoms with E-state index < -0.39 is 0 Å². The van der Waals surface area contributed by atoms with Gasteiger partial charge in [-0.2, -0.15) is 0 Å². The van der Waals surface area contributed by atoms with E-state index >= 15 is 0 Å². The molecule has 1 heteroatoms. The molecular formula is C20H25Br. The Balaban J connectivity index is 2.55. The lowest BCUT2D eigenvalue weighted by Gasteiger charge is -2.21. The van der Waals surface area contributed by atoms with Gasteiger partial charge >= 0.3 is 0 Å². The summed E-state index contributed by atoms with van der Waals surface area (Å²) in [5.41, 5.74) is 8.56. The van der Waals surface area contributed by atoms with E-state index in [1.54, 1.807) is 0 Å². The van der Waals surface area contributed by atoms with Gasteiger partial charge in [0.15, 0.2) is 0 Å². The van der Waals surface area contributed by atoms with Crippen LogP contribution in [-0.4, -0.2) is 0 Å². The maximum Gasteiger partial charge on any atom is 0.0650 e. The highest BCUT2D eigenvalue weighted by Gasteiger charge is 2.18. The second-order valence-electron chi connectivity index (χ2n) is 5.67. The molecule has 0 aliphatic heterocycles. The van der Waals surface area contributed by atoms with Gasteiger partial charge in [0, 0.05) is 0 Å². The Morgan fingerprint density at radius 3 is 2.00 bits per heavy atom. The van der Waals surface area contributed by atoms with Crippen molar-refractivity contribution in [2.24, 2.45) is 0 Å². The average molecular weight is 345 g/mol. The Kier molecular flexibility index (Phi) is 5.64. The molecule has 21 heavy (non-hydrogen) atoms. The molecule has 0 saturated heterocycles. The van der Waals surface area contributed by atoms with Crippen LogP contribution in [0.1, 0.15) is 59.0 Å². The predicted octanol–water partition coefficient (Wildman–Crippen LogP) is 6.17. The number of benzene rings is 2. The van der Waals surface area contributed by atoms with Gasteiger partial charge in [0.1, 0.15) is 0 Å². The first-order chi connectivity index (χ1) is 10.1. The molecule has 0 bridgehead atoms. The third-order valence-electron chi connectivity index (χ3n) is 4.17. The molecule has 0 aliphatic carbocycles. The summed E-state index contributed by atoms with van der Waals surface area (Å²) in [7, 11) is 0. The number of alkyl halides is 1. The molecule has 0 N–H and O–H groups in total. The second-order valence-corrected chi connectivity index (χ2v) is 6.58. The standard InChI is InChI=1S/C20H25Br/c1-5-15-12-16(6-2)19(17(7-3)13-15)20(21)18-10-8-9-14(4)11-18/h8-13,20H,5-7H2,1-4H3. The van der Waals surface area contributed by atoms with Gasteiger partial charge < -0.3 is 0 Å². The smallest absolute Gasteiger partial charge is 0.0650 e. The van der Waals surface area contributed by atoms with Crippen LogP contribution in [0.15, 0.2) is 36.4 Å². The first kappa shape index (κ1) is 16.3. The zero-order chi connectivity index (χ0) is 15.4. The molecule has 0 nitrogen and oxygen atoms in total. The van der Waals surface area contributed by atoms with E-state index in [1.165, 1.54) is 33.4 Å². The summed E-state index contributed by atoms with van der Waals surface area (Å²) < 4.78 is 0. The van der Waals surface area contributed by atoms with Crippen LogP contribution in [0.4, 0.5) is 0 Å². The summed E-state index contributed by atoms with van der Waals surface area (Å²) in [6.45, 7) is 8.91. The second kappa shape index (κ2) is 7.26. The van der Waals surface area contributed by atoms with Crippen molar-refractivity contribution in [3.8, 4) is 0 Å². The Hall–Kier alpha value is -1.08. The Bertz CT molecular complexity index is 588. The Morgan fingerprint density at radius 2 is 1.52 bits per heavy atom. The van der Waals surface area contributed by atoms with Crippen LogP contribution in [0.25, 0.3) is 0 Å². The largest absolute Gasteiger partial charge is 0.0786 e. The van der Waals surface area contributed by atoms with Gasteiger partial charge in [0.05, 0.1) is 4.83 Å². The minimum atomic E-state index is 0.285. The third-order valence-corrected chi connectivity index (χ3v) is 5.16. The fourth-order valence-corrected chi connectivity index (χ4v) is 3.83. The minimum absolute atomic E-state index is 0.285. The van der Waals surface area contributed by atoms with Crippen LogP contribution in [0.5, 0.6) is 0 Å². The summed E-state index contributed by atoms with van der Waals surface area (Å²) in [5, 5.41) is 0. The molecule has 0 amide bonds. The van der Waals surface area contributed by atoms with Gasteiger partial charge in [-0.3, -0.25) is 0 Å². The highest BCUT2D eigenvalue weighted by atomic mass is 79.9. The summed E-state index contributed by atoms with van der Waals surface area (Å²) in [5.74, 6) is 0. The van der Waals surface area contributed by atoms with Crippen LogP contribution >= 0.6 is 15.9 Å². The monoisotopic (exact) mass is 344 g/mol. The molecule has 0 aromatic heterocycles. The van der Waals surface area contributed by atoms with Crippen LogP contribution in [0.3, 0.4) is 0 Å². The SMILES string of the molecule is CCc1cc(CC)c(C(Br)c2cccc(C)c2)c(CC)c1. The van der Waals surface area contributed by atoms with Crippen molar-refractivity contribution in [1.82, 2.24) is 0 Å². The minimum Gasteiger partial charge on any atom is -0.0786 e. The molecule has 0 radical (unpaired) electrons. The van der Waals surface area contributed by atoms with E-state index in [1.807, 2.05) is 0 Å². The van der Waals surface area contributed by atoms with Crippen molar-refractivity contribution in [3.05, 3.63) is 69.8 Å². The van der Waals surface area contributed by atoms with Crippen molar-refractivity contribution in [2.75, 3.05) is 0 Å². The molecule has 0 fully saturated rings. The molecule has 0 aliphatic rings. The summed E-state index contributed by atoms with van der Waals surface area (Å²) in [6.07, 6.45) is 3.28. The van der Waals surface area contributed by atoms with Gasteiger partial charge in [-0.15, -0.1) is 0 Å². The molecule has 1 atom stereocenters. The molecule has 0 spiro atoms. The van der Waals surface area contributed by atoms with E-state index in [9.17, 15) is 0 Å². The van der Waals surface area contributed by atoms with Crippen molar-refractivity contribution in [1.29, 1.82) is 0 Å². The van der Waals surface area contributed by atoms with E-state index in [0.29, 0.717) is 0 Å². The molecular weight excluding hydrogens is 320 g/mol. The van der Waals surface area contributed by atoms with Gasteiger partial charge in [-0.1, -0.05) is 78.7 Å². The average Bonchev–Trinajstić information content (AvgIpc) is 2.52. The zero-order valence-electron chi connectivity index (χ0n) is 13.5. The molecule has 112 valence electrons.